The molecule has 0 unspecified atom stereocenters. The molecule has 19 heavy (non-hydrogen) atoms. The Labute approximate surface area is 127 Å². The lowest BCUT2D eigenvalue weighted by Gasteiger charge is -2.17. The second-order valence-electron chi connectivity index (χ2n) is 4.06. The molecule has 0 N–H and O–H groups in total. The maximum absolute atomic E-state index is 6.21. The third kappa shape index (κ3) is 3.29. The van der Waals surface area contributed by atoms with Crippen molar-refractivity contribution in [1.29, 1.82) is 0 Å². The molecule has 2 heterocycles. The van der Waals surface area contributed by atoms with Crippen LogP contribution in [0.2, 0.25) is 5.15 Å². The van der Waals surface area contributed by atoms with Crippen molar-refractivity contribution in [2.75, 3.05) is 11.9 Å². The highest BCUT2D eigenvalue weighted by molar-refractivity contribution is 7.80. The molecule has 0 aliphatic carbocycles. The second kappa shape index (κ2) is 6.41. The number of anilines is 1. The summed E-state index contributed by atoms with van der Waals surface area (Å²) in [5.74, 6) is 0. The van der Waals surface area contributed by atoms with Gasteiger partial charge in [0.1, 0.15) is 10.0 Å². The lowest BCUT2D eigenvalue weighted by Crippen LogP contribution is -2.23. The first kappa shape index (κ1) is 14.4. The molecule has 100 valence electrons. The molecule has 2 rings (SSSR count). The van der Waals surface area contributed by atoms with E-state index in [1.165, 1.54) is 11.3 Å². The molecule has 2 aromatic heterocycles. The van der Waals surface area contributed by atoms with Crippen LogP contribution in [-0.2, 0) is 0 Å². The fourth-order valence-electron chi connectivity index (χ4n) is 1.61. The van der Waals surface area contributed by atoms with E-state index in [4.69, 9.17) is 23.8 Å². The summed E-state index contributed by atoms with van der Waals surface area (Å²) in [6.45, 7) is 2.11. The summed E-state index contributed by atoms with van der Waals surface area (Å²) in [6, 6.07) is 3.85. The van der Waals surface area contributed by atoms with Gasteiger partial charge in [0.25, 0.3) is 0 Å². The molecular weight excluding hydrogens is 298 g/mol. The topological polar surface area (TPSA) is 29.0 Å². The molecule has 0 aromatic carbocycles. The van der Waals surface area contributed by atoms with Crippen LogP contribution >= 0.6 is 35.2 Å². The normalized spacial score (nSPS) is 10.5. The average molecular weight is 312 g/mol. The zero-order chi connectivity index (χ0) is 13.8. The molecular formula is C13H14ClN3S2. The number of aromatic nitrogens is 2. The summed E-state index contributed by atoms with van der Waals surface area (Å²) in [5, 5.41) is 2.24. The molecule has 0 amide bonds. The minimum absolute atomic E-state index is 0.491. The average Bonchev–Trinajstić information content (AvgIpc) is 2.81. The summed E-state index contributed by atoms with van der Waals surface area (Å²) >= 11 is 13.1. The molecule has 0 spiro atoms. The lowest BCUT2D eigenvalue weighted by molar-refractivity contribution is 0.985. The van der Waals surface area contributed by atoms with E-state index in [0.717, 1.165) is 33.4 Å². The summed E-state index contributed by atoms with van der Waals surface area (Å²) in [6.07, 6.45) is 5.42. The highest BCUT2D eigenvalue weighted by atomic mass is 35.5. The molecule has 0 saturated heterocycles. The van der Waals surface area contributed by atoms with Crippen LogP contribution in [0, 0.1) is 0 Å². The van der Waals surface area contributed by atoms with Crippen molar-refractivity contribution in [2.24, 2.45) is 0 Å². The van der Waals surface area contributed by atoms with Crippen molar-refractivity contribution in [2.45, 2.75) is 19.8 Å². The summed E-state index contributed by atoms with van der Waals surface area (Å²) in [5.41, 5.74) is 0.968. The fourth-order valence-corrected chi connectivity index (χ4v) is 3.27. The zero-order valence-electron chi connectivity index (χ0n) is 10.8. The van der Waals surface area contributed by atoms with Crippen molar-refractivity contribution >= 4 is 45.1 Å². The Balaban J connectivity index is 2.29. The van der Waals surface area contributed by atoms with Crippen LogP contribution < -0.4 is 4.90 Å². The van der Waals surface area contributed by atoms with Gasteiger partial charge in [0.2, 0.25) is 0 Å². The van der Waals surface area contributed by atoms with E-state index < -0.39 is 0 Å². The van der Waals surface area contributed by atoms with Crippen LogP contribution in [0.3, 0.4) is 0 Å². The van der Waals surface area contributed by atoms with Gasteiger partial charge >= 0.3 is 0 Å². The fraction of sp³-hybridized carbons (Fsp3) is 0.308. The van der Waals surface area contributed by atoms with E-state index in [1.807, 2.05) is 24.1 Å². The van der Waals surface area contributed by atoms with Crippen molar-refractivity contribution in [1.82, 2.24) is 9.97 Å². The smallest absolute Gasteiger partial charge is 0.164 e. The minimum Gasteiger partial charge on any atom is -0.328 e. The quantitative estimate of drug-likeness (QED) is 0.781. The van der Waals surface area contributed by atoms with Crippen LogP contribution in [0.1, 0.15) is 19.8 Å². The standard InChI is InChI=1S/C13H14ClN3S2/c1-3-5-10(18)17(2)13-11(14)16-12(19-13)9-6-4-7-15-8-9/h4,6-8H,3,5H2,1-2H3. The van der Waals surface area contributed by atoms with Crippen LogP contribution in [0.25, 0.3) is 10.6 Å². The summed E-state index contributed by atoms with van der Waals surface area (Å²) in [7, 11) is 1.93. The third-order valence-corrected chi connectivity index (χ3v) is 4.66. The van der Waals surface area contributed by atoms with Crippen molar-refractivity contribution in [3.8, 4) is 10.6 Å². The van der Waals surface area contributed by atoms with Crippen molar-refractivity contribution in [3.63, 3.8) is 0 Å². The van der Waals surface area contributed by atoms with Crippen molar-refractivity contribution < 1.29 is 0 Å². The van der Waals surface area contributed by atoms with Gasteiger partial charge in [-0.2, -0.15) is 0 Å². The number of nitrogens with zero attached hydrogens (tertiary/aromatic N) is 3. The molecule has 0 fully saturated rings. The first-order chi connectivity index (χ1) is 9.13. The van der Waals surface area contributed by atoms with Gasteiger partial charge in [-0.3, -0.25) is 4.98 Å². The number of rotatable bonds is 4. The SMILES string of the molecule is CCCC(=S)N(C)c1sc(-c2cccnc2)nc1Cl. The van der Waals surface area contributed by atoms with Crippen LogP contribution in [0.4, 0.5) is 5.00 Å². The number of thiazole rings is 1. The first-order valence-electron chi connectivity index (χ1n) is 5.96. The van der Waals surface area contributed by atoms with Gasteiger partial charge < -0.3 is 4.90 Å². The maximum atomic E-state index is 6.21. The highest BCUT2D eigenvalue weighted by Gasteiger charge is 2.16. The number of hydrogen-bond donors (Lipinski definition) is 0. The monoisotopic (exact) mass is 311 g/mol. The van der Waals surface area contributed by atoms with Crippen LogP contribution in [-0.4, -0.2) is 22.0 Å². The van der Waals surface area contributed by atoms with E-state index >= 15 is 0 Å². The number of hydrogen-bond acceptors (Lipinski definition) is 4. The Bertz CT molecular complexity index is 569. The Morgan fingerprint density at radius 2 is 2.32 bits per heavy atom. The zero-order valence-corrected chi connectivity index (χ0v) is 13.1. The molecule has 0 aliphatic rings. The molecule has 0 bridgehead atoms. The highest BCUT2D eigenvalue weighted by Crippen LogP contribution is 2.37. The third-order valence-electron chi connectivity index (χ3n) is 2.62. The van der Waals surface area contributed by atoms with E-state index in [0.29, 0.717) is 5.15 Å². The number of pyridine rings is 1. The maximum Gasteiger partial charge on any atom is 0.164 e. The molecule has 0 aliphatic heterocycles. The molecule has 2 aromatic rings. The first-order valence-corrected chi connectivity index (χ1v) is 7.57. The van der Waals surface area contributed by atoms with E-state index in [2.05, 4.69) is 16.9 Å². The van der Waals surface area contributed by atoms with Crippen LogP contribution in [0.5, 0.6) is 0 Å². The molecule has 0 radical (unpaired) electrons. The number of halogens is 1. The lowest BCUT2D eigenvalue weighted by atomic mass is 10.3. The van der Waals surface area contributed by atoms with Gasteiger partial charge in [0.15, 0.2) is 5.15 Å². The van der Waals surface area contributed by atoms with Gasteiger partial charge in [-0.25, -0.2) is 4.98 Å². The Kier molecular flexibility index (Phi) is 4.85. The largest absolute Gasteiger partial charge is 0.328 e. The van der Waals surface area contributed by atoms with E-state index in [9.17, 15) is 0 Å². The summed E-state index contributed by atoms with van der Waals surface area (Å²) < 4.78 is 0. The Hall–Kier alpha value is -1.04. The van der Waals surface area contributed by atoms with Crippen LogP contribution in [0.15, 0.2) is 24.5 Å². The van der Waals surface area contributed by atoms with Gasteiger partial charge in [-0.1, -0.05) is 42.1 Å². The number of thiocarbonyl (C=S) groups is 1. The van der Waals surface area contributed by atoms with Gasteiger partial charge in [0, 0.05) is 25.0 Å². The minimum atomic E-state index is 0.491. The van der Waals surface area contributed by atoms with Crippen molar-refractivity contribution in [3.05, 3.63) is 29.7 Å². The van der Waals surface area contributed by atoms with E-state index in [-0.39, 0.29) is 0 Å². The Morgan fingerprint density at radius 3 is 2.95 bits per heavy atom. The predicted molar refractivity (Wildman–Crippen MR) is 86.3 cm³/mol. The summed E-state index contributed by atoms with van der Waals surface area (Å²) in [4.78, 5) is 11.3. The van der Waals surface area contributed by atoms with Gasteiger partial charge in [-0.15, -0.1) is 0 Å². The van der Waals surface area contributed by atoms with Gasteiger partial charge in [-0.05, 0) is 25.0 Å². The predicted octanol–water partition coefficient (Wildman–Crippen LogP) is 4.42. The Morgan fingerprint density at radius 1 is 1.53 bits per heavy atom. The molecule has 6 heteroatoms. The molecule has 0 saturated carbocycles. The molecule has 0 atom stereocenters. The second-order valence-corrected chi connectivity index (χ2v) is 5.87. The molecule has 3 nitrogen and oxygen atoms in total. The van der Waals surface area contributed by atoms with Gasteiger partial charge in [0.05, 0.1) is 4.99 Å². The van der Waals surface area contributed by atoms with E-state index in [1.54, 1.807) is 12.4 Å².